The molecule has 1 amide bonds. The van der Waals surface area contributed by atoms with Crippen molar-refractivity contribution in [2.45, 2.75) is 39.0 Å². The number of amides is 1. The molecule has 3 N–H and O–H groups in total. The van der Waals surface area contributed by atoms with E-state index in [-0.39, 0.29) is 17.7 Å². The van der Waals surface area contributed by atoms with Crippen LogP contribution >= 0.6 is 0 Å². The van der Waals surface area contributed by atoms with E-state index < -0.39 is 5.97 Å². The first-order valence-corrected chi connectivity index (χ1v) is 5.86. The molecule has 1 aromatic rings. The normalized spacial score (nSPS) is 11.3. The molecule has 0 bridgehead atoms. The molecule has 0 saturated heterocycles. The lowest BCUT2D eigenvalue weighted by molar-refractivity contribution is -0.137. The molecular weight excluding hydrogens is 234 g/mol. The van der Waals surface area contributed by atoms with Gasteiger partial charge in [-0.05, 0) is 12.5 Å². The van der Waals surface area contributed by atoms with Crippen molar-refractivity contribution >= 4 is 11.9 Å². The van der Waals surface area contributed by atoms with Crippen molar-refractivity contribution in [2.75, 3.05) is 6.54 Å². The highest BCUT2D eigenvalue weighted by molar-refractivity contribution is 5.92. The number of carbonyl (C=O) groups is 2. The Balaban J connectivity index is 2.47. The molecule has 6 heteroatoms. The predicted octanol–water partition coefficient (Wildman–Crippen LogP) is 1.30. The lowest BCUT2D eigenvalue weighted by atomic mass is 9.92. The summed E-state index contributed by atoms with van der Waals surface area (Å²) in [5, 5.41) is 17.9. The fourth-order valence-electron chi connectivity index (χ4n) is 1.35. The summed E-state index contributed by atoms with van der Waals surface area (Å²) < 4.78 is 0. The summed E-state index contributed by atoms with van der Waals surface area (Å²) in [7, 11) is 0. The molecule has 0 aliphatic heterocycles. The third-order valence-corrected chi connectivity index (χ3v) is 2.47. The van der Waals surface area contributed by atoms with E-state index in [0.29, 0.717) is 18.7 Å². The number of aliphatic carboxylic acids is 1. The molecule has 0 aliphatic rings. The third kappa shape index (κ3) is 4.20. The van der Waals surface area contributed by atoms with Crippen molar-refractivity contribution in [1.82, 2.24) is 15.5 Å². The molecule has 18 heavy (non-hydrogen) atoms. The molecule has 0 spiro atoms. The van der Waals surface area contributed by atoms with E-state index in [4.69, 9.17) is 5.11 Å². The average Bonchev–Trinajstić information content (AvgIpc) is 2.72. The Bertz CT molecular complexity index is 432. The number of carbonyl (C=O) groups excluding carboxylic acids is 1. The Morgan fingerprint density at radius 3 is 2.61 bits per heavy atom. The SMILES string of the molecule is CC(C)(C)c1cc(C(=O)NCCCC(=O)O)n[nH]1. The van der Waals surface area contributed by atoms with Gasteiger partial charge < -0.3 is 10.4 Å². The number of nitrogens with zero attached hydrogens (tertiary/aromatic N) is 1. The van der Waals surface area contributed by atoms with Gasteiger partial charge in [0, 0.05) is 24.1 Å². The summed E-state index contributed by atoms with van der Waals surface area (Å²) in [6.07, 6.45) is 0.464. The molecule has 1 rings (SSSR count). The second-order valence-electron chi connectivity index (χ2n) is 5.17. The molecule has 0 atom stereocenters. The van der Waals surface area contributed by atoms with Crippen LogP contribution in [0.2, 0.25) is 0 Å². The van der Waals surface area contributed by atoms with Crippen LogP contribution in [-0.2, 0) is 10.2 Å². The summed E-state index contributed by atoms with van der Waals surface area (Å²) in [6.45, 7) is 6.40. The lowest BCUT2D eigenvalue weighted by Crippen LogP contribution is -2.25. The maximum absolute atomic E-state index is 11.7. The first kappa shape index (κ1) is 14.2. The van der Waals surface area contributed by atoms with Gasteiger partial charge in [0.25, 0.3) is 5.91 Å². The van der Waals surface area contributed by atoms with E-state index in [1.54, 1.807) is 6.07 Å². The third-order valence-electron chi connectivity index (χ3n) is 2.47. The van der Waals surface area contributed by atoms with Crippen molar-refractivity contribution in [3.63, 3.8) is 0 Å². The van der Waals surface area contributed by atoms with E-state index in [0.717, 1.165) is 5.69 Å². The fraction of sp³-hybridized carbons (Fsp3) is 0.583. The van der Waals surface area contributed by atoms with Crippen molar-refractivity contribution in [2.24, 2.45) is 0 Å². The molecule has 1 aromatic heterocycles. The predicted molar refractivity (Wildman–Crippen MR) is 66.5 cm³/mol. The molecule has 0 unspecified atom stereocenters. The topological polar surface area (TPSA) is 95.1 Å². The van der Waals surface area contributed by atoms with E-state index in [2.05, 4.69) is 15.5 Å². The zero-order chi connectivity index (χ0) is 13.8. The van der Waals surface area contributed by atoms with Crippen LogP contribution in [0.15, 0.2) is 6.07 Å². The minimum atomic E-state index is -0.862. The van der Waals surface area contributed by atoms with Gasteiger partial charge in [-0.25, -0.2) is 0 Å². The Hall–Kier alpha value is -1.85. The van der Waals surface area contributed by atoms with Gasteiger partial charge in [0.15, 0.2) is 0 Å². The molecule has 0 radical (unpaired) electrons. The van der Waals surface area contributed by atoms with Gasteiger partial charge in [-0.2, -0.15) is 5.10 Å². The Morgan fingerprint density at radius 1 is 1.44 bits per heavy atom. The summed E-state index contributed by atoms with van der Waals surface area (Å²) in [4.78, 5) is 22.0. The molecular formula is C12H19N3O3. The van der Waals surface area contributed by atoms with Crippen molar-refractivity contribution in [3.05, 3.63) is 17.5 Å². The van der Waals surface area contributed by atoms with Crippen LogP contribution in [0.4, 0.5) is 0 Å². The highest BCUT2D eigenvalue weighted by Crippen LogP contribution is 2.20. The maximum Gasteiger partial charge on any atom is 0.303 e. The number of nitrogens with one attached hydrogen (secondary N) is 2. The number of rotatable bonds is 5. The van der Waals surface area contributed by atoms with Crippen molar-refractivity contribution in [3.8, 4) is 0 Å². The zero-order valence-corrected chi connectivity index (χ0v) is 10.9. The second kappa shape index (κ2) is 5.66. The second-order valence-corrected chi connectivity index (χ2v) is 5.17. The van der Waals surface area contributed by atoms with Crippen molar-refractivity contribution in [1.29, 1.82) is 0 Å². The van der Waals surface area contributed by atoms with Gasteiger partial charge in [-0.3, -0.25) is 14.7 Å². The molecule has 6 nitrogen and oxygen atoms in total. The van der Waals surface area contributed by atoms with E-state index in [1.807, 2.05) is 20.8 Å². The quantitative estimate of drug-likeness (QED) is 0.689. The first-order valence-electron chi connectivity index (χ1n) is 5.86. The van der Waals surface area contributed by atoms with Gasteiger partial charge in [-0.1, -0.05) is 20.8 Å². The summed E-state index contributed by atoms with van der Waals surface area (Å²) >= 11 is 0. The monoisotopic (exact) mass is 253 g/mol. The van der Waals surface area contributed by atoms with Crippen LogP contribution < -0.4 is 5.32 Å². The Morgan fingerprint density at radius 2 is 2.11 bits per heavy atom. The van der Waals surface area contributed by atoms with Crippen LogP contribution in [0.25, 0.3) is 0 Å². The highest BCUT2D eigenvalue weighted by atomic mass is 16.4. The summed E-state index contributed by atoms with van der Waals surface area (Å²) in [5.74, 6) is -1.15. The van der Waals surface area contributed by atoms with E-state index >= 15 is 0 Å². The number of carboxylic acids is 1. The minimum Gasteiger partial charge on any atom is -0.481 e. The average molecular weight is 253 g/mol. The number of H-pyrrole nitrogens is 1. The van der Waals surface area contributed by atoms with Crippen molar-refractivity contribution < 1.29 is 14.7 Å². The van der Waals surface area contributed by atoms with Crippen LogP contribution in [-0.4, -0.2) is 33.7 Å². The molecule has 0 aliphatic carbocycles. The summed E-state index contributed by atoms with van der Waals surface area (Å²) in [6, 6.07) is 1.71. The van der Waals surface area contributed by atoms with Crippen LogP contribution in [0, 0.1) is 0 Å². The maximum atomic E-state index is 11.7. The summed E-state index contributed by atoms with van der Waals surface area (Å²) in [5.41, 5.74) is 1.13. The largest absolute Gasteiger partial charge is 0.481 e. The van der Waals surface area contributed by atoms with Gasteiger partial charge in [0.05, 0.1) is 0 Å². The Labute approximate surface area is 106 Å². The molecule has 0 saturated carbocycles. The number of aromatic nitrogens is 2. The highest BCUT2D eigenvalue weighted by Gasteiger charge is 2.19. The first-order chi connectivity index (χ1) is 8.30. The molecule has 0 fully saturated rings. The number of carboxylic acid groups (broad SMARTS) is 1. The van der Waals surface area contributed by atoms with Gasteiger partial charge >= 0.3 is 5.97 Å². The molecule has 1 heterocycles. The number of hydrogen-bond donors (Lipinski definition) is 3. The van der Waals surface area contributed by atoms with Crippen LogP contribution in [0.5, 0.6) is 0 Å². The van der Waals surface area contributed by atoms with Gasteiger partial charge in [-0.15, -0.1) is 0 Å². The van der Waals surface area contributed by atoms with E-state index in [9.17, 15) is 9.59 Å². The Kier molecular flexibility index (Phi) is 4.47. The van der Waals surface area contributed by atoms with E-state index in [1.165, 1.54) is 0 Å². The number of hydrogen-bond acceptors (Lipinski definition) is 3. The standard InChI is InChI=1S/C12H19N3O3/c1-12(2,3)9-7-8(14-15-9)11(18)13-6-4-5-10(16)17/h7H,4-6H2,1-3H3,(H,13,18)(H,14,15)(H,16,17). The van der Waals surface area contributed by atoms with Crippen LogP contribution in [0.3, 0.4) is 0 Å². The zero-order valence-electron chi connectivity index (χ0n) is 10.9. The molecule has 0 aromatic carbocycles. The smallest absolute Gasteiger partial charge is 0.303 e. The van der Waals surface area contributed by atoms with Gasteiger partial charge in [0.2, 0.25) is 0 Å². The number of aromatic amines is 1. The fourth-order valence-corrected chi connectivity index (χ4v) is 1.35. The van der Waals surface area contributed by atoms with Crippen LogP contribution in [0.1, 0.15) is 49.8 Å². The lowest BCUT2D eigenvalue weighted by Gasteiger charge is -2.14. The minimum absolute atomic E-state index is 0.0497. The molecule has 100 valence electrons. The van der Waals surface area contributed by atoms with Gasteiger partial charge in [0.1, 0.15) is 5.69 Å².